The van der Waals surface area contributed by atoms with Crippen LogP contribution in [-0.4, -0.2) is 48.3 Å². The van der Waals surface area contributed by atoms with Gasteiger partial charge in [0, 0.05) is 26.2 Å². The summed E-state index contributed by atoms with van der Waals surface area (Å²) >= 11 is 0. The highest BCUT2D eigenvalue weighted by Gasteiger charge is 2.26. The van der Waals surface area contributed by atoms with Crippen LogP contribution in [0.5, 0.6) is 0 Å². The van der Waals surface area contributed by atoms with E-state index < -0.39 is 0 Å². The van der Waals surface area contributed by atoms with Gasteiger partial charge in [0.2, 0.25) is 0 Å². The summed E-state index contributed by atoms with van der Waals surface area (Å²) in [6, 6.07) is 21.7. The molecule has 25 heavy (non-hydrogen) atoms. The van der Waals surface area contributed by atoms with E-state index in [9.17, 15) is 4.79 Å². The van der Waals surface area contributed by atoms with Crippen LogP contribution < -0.4 is 0 Å². The lowest BCUT2D eigenvalue weighted by molar-refractivity contribution is -0.118. The minimum atomic E-state index is 0. The van der Waals surface area contributed by atoms with Crippen molar-refractivity contribution >= 4 is 30.6 Å². The summed E-state index contributed by atoms with van der Waals surface area (Å²) in [5, 5.41) is 0. The first-order chi connectivity index (χ1) is 11.2. The predicted molar refractivity (Wildman–Crippen MR) is 108 cm³/mol. The highest BCUT2D eigenvalue weighted by molar-refractivity contribution is 5.85. The summed E-state index contributed by atoms with van der Waals surface area (Å²) in [5.74, 6) is 0.251. The van der Waals surface area contributed by atoms with Gasteiger partial charge in [0.25, 0.3) is 0 Å². The minimum absolute atomic E-state index is 0. The molecule has 3 nitrogen and oxygen atoms in total. The number of carbonyl (C=O) groups is 1. The molecule has 0 unspecified atom stereocenters. The number of nitrogens with zero attached hydrogens (tertiary/aromatic N) is 2. The van der Waals surface area contributed by atoms with Crippen molar-refractivity contribution in [1.82, 2.24) is 9.80 Å². The van der Waals surface area contributed by atoms with Crippen molar-refractivity contribution in [1.29, 1.82) is 0 Å². The first-order valence-corrected chi connectivity index (χ1v) is 8.30. The number of halogens is 2. The van der Waals surface area contributed by atoms with E-state index in [0.717, 1.165) is 26.2 Å². The Morgan fingerprint density at radius 1 is 0.840 bits per heavy atom. The number of Topliss-reactive ketones (excluding diaryl/α,β-unsaturated/α-hetero) is 1. The Bertz CT molecular complexity index is 589. The van der Waals surface area contributed by atoms with Crippen LogP contribution in [0, 0.1) is 0 Å². The summed E-state index contributed by atoms with van der Waals surface area (Å²) < 4.78 is 0. The van der Waals surface area contributed by atoms with Crippen LogP contribution in [0.3, 0.4) is 0 Å². The molecule has 0 atom stereocenters. The SMILES string of the molecule is CC(=O)CN1CCN(C(c2ccccc2)c2ccccc2)CC1.Cl.Cl. The second kappa shape index (κ2) is 10.6. The minimum Gasteiger partial charge on any atom is -0.299 e. The molecule has 136 valence electrons. The van der Waals surface area contributed by atoms with E-state index in [0.29, 0.717) is 6.54 Å². The predicted octanol–water partition coefficient (Wildman–Crippen LogP) is 3.83. The maximum absolute atomic E-state index is 11.3. The van der Waals surface area contributed by atoms with Crippen molar-refractivity contribution < 1.29 is 4.79 Å². The molecule has 1 fully saturated rings. The van der Waals surface area contributed by atoms with Gasteiger partial charge in [-0.25, -0.2) is 0 Å². The number of rotatable bonds is 5. The largest absolute Gasteiger partial charge is 0.299 e. The van der Waals surface area contributed by atoms with Crippen LogP contribution in [0.15, 0.2) is 60.7 Å². The normalized spacial score (nSPS) is 15.3. The summed E-state index contributed by atoms with van der Waals surface area (Å²) in [4.78, 5) is 16.1. The van der Waals surface area contributed by atoms with E-state index in [4.69, 9.17) is 0 Å². The van der Waals surface area contributed by atoms with Crippen LogP contribution in [0.1, 0.15) is 24.1 Å². The third-order valence-electron chi connectivity index (χ3n) is 4.45. The first-order valence-electron chi connectivity index (χ1n) is 8.30. The Morgan fingerprint density at radius 3 is 1.68 bits per heavy atom. The third kappa shape index (κ3) is 5.82. The fourth-order valence-corrected chi connectivity index (χ4v) is 3.38. The van der Waals surface area contributed by atoms with Crippen LogP contribution in [0.4, 0.5) is 0 Å². The molecular formula is C20H26Cl2N2O. The highest BCUT2D eigenvalue weighted by atomic mass is 35.5. The van der Waals surface area contributed by atoms with Gasteiger partial charge in [-0.1, -0.05) is 60.7 Å². The van der Waals surface area contributed by atoms with E-state index in [1.807, 2.05) is 0 Å². The highest BCUT2D eigenvalue weighted by Crippen LogP contribution is 2.29. The van der Waals surface area contributed by atoms with E-state index in [2.05, 4.69) is 70.5 Å². The molecule has 0 N–H and O–H groups in total. The Kier molecular flexibility index (Phi) is 9.15. The fraction of sp³-hybridized carbons (Fsp3) is 0.350. The monoisotopic (exact) mass is 380 g/mol. The van der Waals surface area contributed by atoms with E-state index >= 15 is 0 Å². The lowest BCUT2D eigenvalue weighted by Gasteiger charge is -2.39. The molecule has 0 radical (unpaired) electrons. The zero-order valence-electron chi connectivity index (χ0n) is 14.5. The fourth-order valence-electron chi connectivity index (χ4n) is 3.38. The number of ketones is 1. The van der Waals surface area contributed by atoms with Gasteiger partial charge in [0.1, 0.15) is 5.78 Å². The van der Waals surface area contributed by atoms with Crippen molar-refractivity contribution in [3.8, 4) is 0 Å². The number of carbonyl (C=O) groups excluding carboxylic acids is 1. The van der Waals surface area contributed by atoms with Crippen molar-refractivity contribution in [2.45, 2.75) is 13.0 Å². The van der Waals surface area contributed by atoms with Crippen molar-refractivity contribution in [2.24, 2.45) is 0 Å². The summed E-state index contributed by atoms with van der Waals surface area (Å²) in [5.41, 5.74) is 2.66. The molecule has 1 heterocycles. The molecule has 2 aromatic rings. The summed E-state index contributed by atoms with van der Waals surface area (Å²) in [7, 11) is 0. The topological polar surface area (TPSA) is 23.6 Å². The maximum atomic E-state index is 11.3. The first kappa shape index (κ1) is 21.7. The van der Waals surface area contributed by atoms with Gasteiger partial charge in [-0.15, -0.1) is 24.8 Å². The molecular weight excluding hydrogens is 355 g/mol. The molecule has 5 heteroatoms. The molecule has 2 aromatic carbocycles. The maximum Gasteiger partial charge on any atom is 0.143 e. The van der Waals surface area contributed by atoms with E-state index in [1.165, 1.54) is 11.1 Å². The molecule has 0 bridgehead atoms. The number of hydrogen-bond acceptors (Lipinski definition) is 3. The Labute approximate surface area is 162 Å². The molecule has 0 aromatic heterocycles. The average Bonchev–Trinajstić information content (AvgIpc) is 2.58. The van der Waals surface area contributed by atoms with Gasteiger partial charge in [-0.05, 0) is 18.1 Å². The Balaban J connectivity index is 0.00000156. The van der Waals surface area contributed by atoms with Crippen LogP contribution in [0.2, 0.25) is 0 Å². The van der Waals surface area contributed by atoms with E-state index in [-0.39, 0.29) is 36.6 Å². The van der Waals surface area contributed by atoms with Crippen LogP contribution in [-0.2, 0) is 4.79 Å². The second-order valence-electron chi connectivity index (χ2n) is 6.24. The molecule has 1 aliphatic rings. The molecule has 1 aliphatic heterocycles. The van der Waals surface area contributed by atoms with Crippen molar-refractivity contribution in [2.75, 3.05) is 32.7 Å². The lowest BCUT2D eigenvalue weighted by Crippen LogP contribution is -2.48. The zero-order chi connectivity index (χ0) is 16.1. The van der Waals surface area contributed by atoms with Gasteiger partial charge in [0.15, 0.2) is 0 Å². The van der Waals surface area contributed by atoms with E-state index in [1.54, 1.807) is 6.92 Å². The van der Waals surface area contributed by atoms with Crippen molar-refractivity contribution in [3.63, 3.8) is 0 Å². The van der Waals surface area contributed by atoms with Gasteiger partial charge < -0.3 is 0 Å². The lowest BCUT2D eigenvalue weighted by atomic mass is 9.96. The Morgan fingerprint density at radius 2 is 1.28 bits per heavy atom. The third-order valence-corrected chi connectivity index (χ3v) is 4.45. The molecule has 1 saturated heterocycles. The molecule has 0 aliphatic carbocycles. The van der Waals surface area contributed by atoms with Crippen molar-refractivity contribution in [3.05, 3.63) is 71.8 Å². The summed E-state index contributed by atoms with van der Waals surface area (Å²) in [6.07, 6.45) is 0. The quantitative estimate of drug-likeness (QED) is 0.787. The average molecular weight is 381 g/mol. The van der Waals surface area contributed by atoms with Crippen LogP contribution >= 0.6 is 24.8 Å². The summed E-state index contributed by atoms with van der Waals surface area (Å²) in [6.45, 7) is 6.13. The van der Waals surface area contributed by atoms with Gasteiger partial charge in [-0.3, -0.25) is 14.6 Å². The second-order valence-corrected chi connectivity index (χ2v) is 6.24. The standard InChI is InChI=1S/C20H24N2O.2ClH/c1-17(23)16-21-12-14-22(15-13-21)20(18-8-4-2-5-9-18)19-10-6-3-7-11-19;;/h2-11,20H,12-16H2,1H3;2*1H. The van der Waals surface area contributed by atoms with Gasteiger partial charge in [0.05, 0.1) is 12.6 Å². The van der Waals surface area contributed by atoms with Gasteiger partial charge >= 0.3 is 0 Å². The molecule has 0 amide bonds. The van der Waals surface area contributed by atoms with Gasteiger partial charge in [-0.2, -0.15) is 0 Å². The molecule has 0 saturated carbocycles. The van der Waals surface area contributed by atoms with Crippen LogP contribution in [0.25, 0.3) is 0 Å². The molecule has 0 spiro atoms. The Hall–Kier alpha value is -1.39. The number of hydrogen-bond donors (Lipinski definition) is 0. The zero-order valence-corrected chi connectivity index (χ0v) is 16.1. The number of piperazine rings is 1. The smallest absolute Gasteiger partial charge is 0.143 e. The molecule has 3 rings (SSSR count). The number of benzene rings is 2.